The van der Waals surface area contributed by atoms with Gasteiger partial charge in [0.25, 0.3) is 0 Å². The molecule has 1 aromatic heterocycles. The third kappa shape index (κ3) is 1.00. The molecule has 10 heavy (non-hydrogen) atoms. The Morgan fingerprint density at radius 3 is 2.90 bits per heavy atom. The number of rotatable bonds is 1. The third-order valence-corrected chi connectivity index (χ3v) is 0.991. The van der Waals surface area contributed by atoms with Crippen LogP contribution in [0.15, 0.2) is 4.42 Å². The summed E-state index contributed by atoms with van der Waals surface area (Å²) >= 11 is 0. The third-order valence-electron chi connectivity index (χ3n) is 0.991. The zero-order valence-corrected chi connectivity index (χ0v) is 5.21. The number of nitrogens with zero attached hydrogens (tertiary/aromatic N) is 1. The average molecular weight is 144 g/mol. The number of carbonyl (C=O) groups is 1. The SMILES string of the molecule is [2H]C([2H])([2H])c1nc(C)c(C(=O)O)o1. The fourth-order valence-electron chi connectivity index (χ4n) is 0.595. The summed E-state index contributed by atoms with van der Waals surface area (Å²) in [4.78, 5) is 13.9. The maximum absolute atomic E-state index is 10.4. The van der Waals surface area contributed by atoms with E-state index in [0.717, 1.165) is 0 Å². The first-order valence-corrected chi connectivity index (χ1v) is 2.53. The van der Waals surface area contributed by atoms with Gasteiger partial charge in [-0.1, -0.05) is 0 Å². The minimum atomic E-state index is -2.50. The molecule has 1 rings (SSSR count). The van der Waals surface area contributed by atoms with Gasteiger partial charge >= 0.3 is 5.97 Å². The van der Waals surface area contributed by atoms with Gasteiger partial charge in [-0.15, -0.1) is 0 Å². The molecule has 0 aliphatic heterocycles. The summed E-state index contributed by atoms with van der Waals surface area (Å²) in [6.07, 6.45) is 0. The Labute approximate surface area is 61.7 Å². The minimum absolute atomic E-state index is 0.0682. The summed E-state index contributed by atoms with van der Waals surface area (Å²) in [7, 11) is 0. The monoisotopic (exact) mass is 144 g/mol. The van der Waals surface area contributed by atoms with Gasteiger partial charge < -0.3 is 9.52 Å². The average Bonchev–Trinajstić information content (AvgIpc) is 2.29. The molecule has 1 aromatic rings. The number of aromatic nitrogens is 1. The summed E-state index contributed by atoms with van der Waals surface area (Å²) in [5.41, 5.74) is 0.0682. The predicted molar refractivity (Wildman–Crippen MR) is 32.9 cm³/mol. The number of hydrogen-bond acceptors (Lipinski definition) is 3. The van der Waals surface area contributed by atoms with E-state index in [4.69, 9.17) is 9.22 Å². The Hall–Kier alpha value is -1.32. The zero-order valence-electron chi connectivity index (χ0n) is 8.21. The van der Waals surface area contributed by atoms with E-state index in [0.29, 0.717) is 0 Å². The topological polar surface area (TPSA) is 63.3 Å². The van der Waals surface area contributed by atoms with E-state index in [-0.39, 0.29) is 5.69 Å². The van der Waals surface area contributed by atoms with Gasteiger partial charge in [-0.25, -0.2) is 9.78 Å². The van der Waals surface area contributed by atoms with Crippen molar-refractivity contribution in [2.75, 3.05) is 0 Å². The van der Waals surface area contributed by atoms with Crippen molar-refractivity contribution in [2.24, 2.45) is 0 Å². The van der Waals surface area contributed by atoms with E-state index < -0.39 is 24.5 Å². The van der Waals surface area contributed by atoms with E-state index in [1.54, 1.807) is 0 Å². The van der Waals surface area contributed by atoms with Crippen molar-refractivity contribution in [1.29, 1.82) is 0 Å². The lowest BCUT2D eigenvalue weighted by Gasteiger charge is -1.83. The normalized spacial score (nSPS) is 15.5. The summed E-state index contributed by atoms with van der Waals surface area (Å²) in [5.74, 6) is -2.28. The first-order chi connectivity index (χ1) is 5.82. The van der Waals surface area contributed by atoms with Crippen molar-refractivity contribution in [3.05, 3.63) is 17.3 Å². The molecular weight excluding hydrogens is 134 g/mol. The summed E-state index contributed by atoms with van der Waals surface area (Å²) < 4.78 is 25.3. The van der Waals surface area contributed by atoms with E-state index in [2.05, 4.69) is 9.40 Å². The number of carboxylic acids is 1. The molecule has 0 unspecified atom stereocenters. The summed E-state index contributed by atoms with van der Waals surface area (Å²) in [6.45, 7) is -1.12. The van der Waals surface area contributed by atoms with Crippen LogP contribution in [0.2, 0.25) is 0 Å². The lowest BCUT2D eigenvalue weighted by molar-refractivity contribution is 0.0660. The van der Waals surface area contributed by atoms with Crippen LogP contribution in [-0.2, 0) is 0 Å². The Bertz CT molecular complexity index is 341. The van der Waals surface area contributed by atoms with Gasteiger partial charge in [-0.05, 0) is 6.92 Å². The van der Waals surface area contributed by atoms with Crippen LogP contribution in [0.25, 0.3) is 0 Å². The minimum Gasteiger partial charge on any atom is -0.475 e. The van der Waals surface area contributed by atoms with Crippen molar-refractivity contribution in [3.8, 4) is 0 Å². The van der Waals surface area contributed by atoms with Crippen LogP contribution in [0.1, 0.15) is 26.3 Å². The molecule has 0 bridgehead atoms. The Morgan fingerprint density at radius 2 is 2.60 bits per heavy atom. The maximum atomic E-state index is 10.4. The standard InChI is InChI=1S/C6H7NO3/c1-3-5(6(8)9)10-4(2)7-3/h1-2H3,(H,8,9)/i2D3. The van der Waals surface area contributed by atoms with Crippen LogP contribution in [0.4, 0.5) is 0 Å². The molecule has 0 saturated heterocycles. The molecular formula is C6H7NO3. The second-order valence-electron chi connectivity index (χ2n) is 1.74. The highest BCUT2D eigenvalue weighted by atomic mass is 16.4. The van der Waals surface area contributed by atoms with Crippen molar-refractivity contribution in [3.63, 3.8) is 0 Å². The van der Waals surface area contributed by atoms with Gasteiger partial charge in [0.05, 0.1) is 5.69 Å². The zero-order chi connectivity index (χ0) is 10.2. The lowest BCUT2D eigenvalue weighted by Crippen LogP contribution is -1.95. The summed E-state index contributed by atoms with van der Waals surface area (Å²) in [6, 6.07) is 0. The van der Waals surface area contributed by atoms with E-state index >= 15 is 0 Å². The van der Waals surface area contributed by atoms with Gasteiger partial charge in [0, 0.05) is 11.0 Å². The molecule has 0 fully saturated rings. The molecule has 0 aliphatic carbocycles. The second kappa shape index (κ2) is 2.13. The first-order valence-electron chi connectivity index (χ1n) is 4.03. The maximum Gasteiger partial charge on any atom is 0.373 e. The molecule has 0 spiro atoms. The molecule has 0 radical (unpaired) electrons. The molecule has 0 aliphatic rings. The molecule has 0 saturated carbocycles. The molecule has 4 heteroatoms. The van der Waals surface area contributed by atoms with Gasteiger partial charge in [0.2, 0.25) is 5.76 Å². The Morgan fingerprint density at radius 1 is 1.90 bits per heavy atom. The highest BCUT2D eigenvalue weighted by Crippen LogP contribution is 2.07. The quantitative estimate of drug-likeness (QED) is 0.638. The van der Waals surface area contributed by atoms with Gasteiger partial charge in [-0.2, -0.15) is 0 Å². The van der Waals surface area contributed by atoms with Crippen LogP contribution in [0.5, 0.6) is 0 Å². The first kappa shape index (κ1) is 3.75. The molecule has 4 nitrogen and oxygen atoms in total. The molecule has 0 atom stereocenters. The van der Waals surface area contributed by atoms with E-state index in [9.17, 15) is 4.79 Å². The van der Waals surface area contributed by atoms with Crippen LogP contribution >= 0.6 is 0 Å². The van der Waals surface area contributed by atoms with Crippen molar-refractivity contribution in [2.45, 2.75) is 13.8 Å². The van der Waals surface area contributed by atoms with Gasteiger partial charge in [0.1, 0.15) is 0 Å². The second-order valence-corrected chi connectivity index (χ2v) is 1.74. The van der Waals surface area contributed by atoms with Crippen molar-refractivity contribution < 1.29 is 18.4 Å². The number of carboxylic acid groups (broad SMARTS) is 1. The highest BCUT2D eigenvalue weighted by molar-refractivity contribution is 5.85. The lowest BCUT2D eigenvalue weighted by atomic mass is 10.4. The largest absolute Gasteiger partial charge is 0.475 e. The van der Waals surface area contributed by atoms with E-state index in [1.165, 1.54) is 6.92 Å². The molecule has 1 N–H and O–H groups in total. The van der Waals surface area contributed by atoms with Crippen LogP contribution in [0.3, 0.4) is 0 Å². The Balaban J connectivity index is 3.17. The van der Waals surface area contributed by atoms with Gasteiger partial charge in [0.15, 0.2) is 5.89 Å². The fraction of sp³-hybridized carbons (Fsp3) is 0.333. The van der Waals surface area contributed by atoms with Crippen molar-refractivity contribution in [1.82, 2.24) is 4.98 Å². The molecule has 1 heterocycles. The van der Waals surface area contributed by atoms with Crippen LogP contribution < -0.4 is 0 Å². The van der Waals surface area contributed by atoms with Gasteiger partial charge in [-0.3, -0.25) is 0 Å². The summed E-state index contributed by atoms with van der Waals surface area (Å²) in [5, 5.41) is 8.53. The molecule has 54 valence electrons. The number of aromatic carboxylic acids is 1. The van der Waals surface area contributed by atoms with Crippen molar-refractivity contribution >= 4 is 5.97 Å². The number of oxazole rings is 1. The number of aryl methyl sites for hydroxylation is 2. The molecule has 0 aromatic carbocycles. The Kier molecular flexibility index (Phi) is 0.800. The number of hydrogen-bond donors (Lipinski definition) is 1. The smallest absolute Gasteiger partial charge is 0.373 e. The predicted octanol–water partition coefficient (Wildman–Crippen LogP) is 0.990. The fourth-order valence-corrected chi connectivity index (χ4v) is 0.595. The highest BCUT2D eigenvalue weighted by Gasteiger charge is 2.13. The van der Waals surface area contributed by atoms with E-state index in [1.807, 2.05) is 0 Å². The van der Waals surface area contributed by atoms with Crippen LogP contribution in [0, 0.1) is 13.8 Å². The molecule has 0 amide bonds. The van der Waals surface area contributed by atoms with Crippen LogP contribution in [-0.4, -0.2) is 16.1 Å².